The van der Waals surface area contributed by atoms with Crippen LogP contribution in [-0.2, 0) is 7.05 Å². The molecule has 0 aliphatic carbocycles. The van der Waals surface area contributed by atoms with Crippen molar-refractivity contribution in [2.24, 2.45) is 7.05 Å². The third-order valence-electron chi connectivity index (χ3n) is 2.39. The number of aryl methyl sites for hydroxylation is 2. The summed E-state index contributed by atoms with van der Waals surface area (Å²) >= 11 is 3.36. The predicted octanol–water partition coefficient (Wildman–Crippen LogP) is 2.34. The summed E-state index contributed by atoms with van der Waals surface area (Å²) in [5.74, 6) is -0.0888. The molecule has 0 unspecified atom stereocenters. The average Bonchev–Trinajstić information content (AvgIpc) is 2.42. The van der Waals surface area contributed by atoms with Gasteiger partial charge in [-0.05, 0) is 35.0 Å². The fourth-order valence-electron chi connectivity index (χ4n) is 1.54. The fraction of sp³-hybridized carbons (Fsp3) is 0.200. The van der Waals surface area contributed by atoms with E-state index in [4.69, 9.17) is 5.11 Å². The molecule has 2 rings (SSSR count). The van der Waals surface area contributed by atoms with Crippen molar-refractivity contribution in [1.29, 1.82) is 0 Å². The van der Waals surface area contributed by atoms with Gasteiger partial charge in [0.1, 0.15) is 5.82 Å². The van der Waals surface area contributed by atoms with Crippen LogP contribution < -0.4 is 0 Å². The number of hydrogen-bond acceptors (Lipinski definition) is 2. The number of fused-ring (bicyclic) bond motifs is 1. The minimum atomic E-state index is -0.944. The first-order valence-corrected chi connectivity index (χ1v) is 5.16. The van der Waals surface area contributed by atoms with E-state index in [2.05, 4.69) is 20.9 Å². The van der Waals surface area contributed by atoms with Crippen molar-refractivity contribution in [3.63, 3.8) is 0 Å². The van der Waals surface area contributed by atoms with Crippen molar-refractivity contribution in [3.8, 4) is 0 Å². The number of imidazole rings is 1. The molecule has 0 saturated heterocycles. The summed E-state index contributed by atoms with van der Waals surface area (Å²) in [6, 6.07) is 3.17. The minimum Gasteiger partial charge on any atom is -0.478 e. The van der Waals surface area contributed by atoms with Crippen LogP contribution in [-0.4, -0.2) is 20.6 Å². The zero-order chi connectivity index (χ0) is 11.2. The van der Waals surface area contributed by atoms with E-state index >= 15 is 0 Å². The molecule has 0 amide bonds. The molecule has 5 heteroatoms. The van der Waals surface area contributed by atoms with Crippen LogP contribution >= 0.6 is 15.9 Å². The summed E-state index contributed by atoms with van der Waals surface area (Å²) in [5.41, 5.74) is 1.85. The number of aromatic carboxylic acids is 1. The van der Waals surface area contributed by atoms with E-state index in [0.29, 0.717) is 5.52 Å². The highest BCUT2D eigenvalue weighted by molar-refractivity contribution is 9.10. The molecule has 0 saturated carbocycles. The Balaban J connectivity index is 2.84. The molecule has 0 aliphatic heterocycles. The number of carboxylic acid groups (broad SMARTS) is 1. The van der Waals surface area contributed by atoms with E-state index in [9.17, 15) is 4.79 Å². The monoisotopic (exact) mass is 268 g/mol. The molecule has 0 bridgehead atoms. The van der Waals surface area contributed by atoms with Gasteiger partial charge in [-0.1, -0.05) is 0 Å². The van der Waals surface area contributed by atoms with Crippen molar-refractivity contribution >= 4 is 32.9 Å². The largest absolute Gasteiger partial charge is 0.478 e. The van der Waals surface area contributed by atoms with Crippen molar-refractivity contribution in [3.05, 3.63) is 28.0 Å². The van der Waals surface area contributed by atoms with Gasteiger partial charge in [0.25, 0.3) is 0 Å². The molecule has 0 aliphatic rings. The second kappa shape index (κ2) is 3.34. The lowest BCUT2D eigenvalue weighted by Crippen LogP contribution is -1.97. The second-order valence-corrected chi connectivity index (χ2v) is 4.20. The SMILES string of the molecule is Cc1nc2cc(C(=O)O)cc(Br)c2n1C. The molecule has 2 aromatic rings. The average molecular weight is 269 g/mol. The molecule has 0 fully saturated rings. The summed E-state index contributed by atoms with van der Waals surface area (Å²) < 4.78 is 2.67. The van der Waals surface area contributed by atoms with Gasteiger partial charge in [-0.2, -0.15) is 0 Å². The topological polar surface area (TPSA) is 55.1 Å². The molecule has 0 spiro atoms. The molecule has 0 atom stereocenters. The number of carbonyl (C=O) groups is 1. The lowest BCUT2D eigenvalue weighted by molar-refractivity contribution is 0.0697. The number of hydrogen-bond donors (Lipinski definition) is 1. The van der Waals surface area contributed by atoms with Crippen molar-refractivity contribution < 1.29 is 9.90 Å². The first kappa shape index (κ1) is 10.2. The second-order valence-electron chi connectivity index (χ2n) is 3.35. The molecule has 0 radical (unpaired) electrons. The number of carboxylic acids is 1. The van der Waals surface area contributed by atoms with E-state index in [1.54, 1.807) is 12.1 Å². The minimum absolute atomic E-state index is 0.243. The van der Waals surface area contributed by atoms with Crippen LogP contribution in [0.4, 0.5) is 0 Å². The van der Waals surface area contributed by atoms with Gasteiger partial charge < -0.3 is 9.67 Å². The summed E-state index contributed by atoms with van der Waals surface area (Å²) in [5, 5.41) is 8.89. The number of rotatable bonds is 1. The zero-order valence-corrected chi connectivity index (χ0v) is 9.87. The Labute approximate surface area is 94.7 Å². The molecule has 78 valence electrons. The summed E-state index contributed by atoms with van der Waals surface area (Å²) in [6.07, 6.45) is 0. The van der Waals surface area contributed by atoms with E-state index in [0.717, 1.165) is 15.8 Å². The predicted molar refractivity (Wildman–Crippen MR) is 60.1 cm³/mol. The van der Waals surface area contributed by atoms with Gasteiger partial charge in [0.15, 0.2) is 0 Å². The Hall–Kier alpha value is -1.36. The number of nitrogens with zero attached hydrogens (tertiary/aromatic N) is 2. The van der Waals surface area contributed by atoms with E-state index in [1.165, 1.54) is 0 Å². The number of halogens is 1. The molecular weight excluding hydrogens is 260 g/mol. The molecule has 1 N–H and O–H groups in total. The van der Waals surface area contributed by atoms with E-state index in [1.807, 2.05) is 18.5 Å². The van der Waals surface area contributed by atoms with Gasteiger partial charge in [0.2, 0.25) is 0 Å². The third-order valence-corrected chi connectivity index (χ3v) is 3.00. The van der Waals surface area contributed by atoms with Crippen LogP contribution in [0.5, 0.6) is 0 Å². The van der Waals surface area contributed by atoms with Crippen LogP contribution in [0.3, 0.4) is 0 Å². The molecule has 4 nitrogen and oxygen atoms in total. The van der Waals surface area contributed by atoms with Crippen LogP contribution in [0.2, 0.25) is 0 Å². The Morgan fingerprint density at radius 2 is 2.20 bits per heavy atom. The van der Waals surface area contributed by atoms with Crippen molar-refractivity contribution in [2.45, 2.75) is 6.92 Å². The molecule has 1 aromatic heterocycles. The van der Waals surface area contributed by atoms with E-state index < -0.39 is 5.97 Å². The molecule has 1 heterocycles. The normalized spacial score (nSPS) is 10.9. The quantitative estimate of drug-likeness (QED) is 0.864. The smallest absolute Gasteiger partial charge is 0.335 e. The molecule has 15 heavy (non-hydrogen) atoms. The van der Waals surface area contributed by atoms with Crippen molar-refractivity contribution in [2.75, 3.05) is 0 Å². The van der Waals surface area contributed by atoms with Gasteiger partial charge >= 0.3 is 5.97 Å². The van der Waals surface area contributed by atoms with Crippen LogP contribution in [0, 0.1) is 6.92 Å². The van der Waals surface area contributed by atoms with Gasteiger partial charge in [-0.15, -0.1) is 0 Å². The summed E-state index contributed by atoms with van der Waals surface area (Å²) in [4.78, 5) is 15.1. The maximum absolute atomic E-state index is 10.8. The number of aromatic nitrogens is 2. The van der Waals surface area contributed by atoms with Crippen LogP contribution in [0.1, 0.15) is 16.2 Å². The lowest BCUT2D eigenvalue weighted by Gasteiger charge is -2.00. The molecule has 1 aromatic carbocycles. The highest BCUT2D eigenvalue weighted by Crippen LogP contribution is 2.26. The van der Waals surface area contributed by atoms with E-state index in [-0.39, 0.29) is 5.56 Å². The van der Waals surface area contributed by atoms with Gasteiger partial charge in [0, 0.05) is 11.5 Å². The lowest BCUT2D eigenvalue weighted by atomic mass is 10.2. The van der Waals surface area contributed by atoms with Crippen molar-refractivity contribution in [1.82, 2.24) is 9.55 Å². The standard InChI is InChI=1S/C10H9BrN2O2/c1-5-12-8-4-6(10(14)15)3-7(11)9(8)13(5)2/h3-4H,1-2H3,(H,14,15). The first-order chi connectivity index (χ1) is 7.00. The summed E-state index contributed by atoms with van der Waals surface area (Å²) in [6.45, 7) is 1.88. The van der Waals surface area contributed by atoms with Crippen LogP contribution in [0.25, 0.3) is 11.0 Å². The zero-order valence-electron chi connectivity index (χ0n) is 8.28. The Morgan fingerprint density at radius 3 is 2.80 bits per heavy atom. The maximum Gasteiger partial charge on any atom is 0.335 e. The Kier molecular flexibility index (Phi) is 2.26. The van der Waals surface area contributed by atoms with Gasteiger partial charge in [0.05, 0.1) is 16.6 Å². The fourth-order valence-corrected chi connectivity index (χ4v) is 2.25. The maximum atomic E-state index is 10.8. The van der Waals surface area contributed by atoms with Crippen LogP contribution in [0.15, 0.2) is 16.6 Å². The van der Waals surface area contributed by atoms with Gasteiger partial charge in [-0.25, -0.2) is 9.78 Å². The Morgan fingerprint density at radius 1 is 1.53 bits per heavy atom. The first-order valence-electron chi connectivity index (χ1n) is 4.36. The molecular formula is C10H9BrN2O2. The van der Waals surface area contributed by atoms with Gasteiger partial charge in [-0.3, -0.25) is 0 Å². The summed E-state index contributed by atoms with van der Waals surface area (Å²) in [7, 11) is 1.90. The highest BCUT2D eigenvalue weighted by Gasteiger charge is 2.12. The highest BCUT2D eigenvalue weighted by atomic mass is 79.9. The third kappa shape index (κ3) is 1.52. The Bertz CT molecular complexity index is 560. The number of benzene rings is 1.